The van der Waals surface area contributed by atoms with Gasteiger partial charge in [-0.3, -0.25) is 5.26 Å². The smallest absolute Gasteiger partial charge is 0.136 e. The van der Waals surface area contributed by atoms with Gasteiger partial charge in [-0.05, 0) is 23.6 Å². The summed E-state index contributed by atoms with van der Waals surface area (Å²) in [6.07, 6.45) is 0. The maximum atomic E-state index is 9.83. The van der Waals surface area contributed by atoms with Crippen molar-refractivity contribution in [2.24, 2.45) is 0 Å². The van der Waals surface area contributed by atoms with E-state index in [9.17, 15) is 5.26 Å². The molecule has 0 amide bonds. The Labute approximate surface area is 136 Å². The van der Waals surface area contributed by atoms with Gasteiger partial charge in [-0.1, -0.05) is 91.0 Å². The van der Waals surface area contributed by atoms with Crippen LogP contribution in [0.1, 0.15) is 29.5 Å². The molecule has 0 bridgehead atoms. The van der Waals surface area contributed by atoms with Crippen LogP contribution >= 0.6 is 0 Å². The first-order chi connectivity index (χ1) is 11.3. The van der Waals surface area contributed by atoms with Gasteiger partial charge in [0.15, 0.2) is 0 Å². The predicted octanol–water partition coefficient (Wildman–Crippen LogP) is 5.22. The quantitative estimate of drug-likeness (QED) is 0.517. The lowest BCUT2D eigenvalue weighted by atomic mass is 9.74. The van der Waals surface area contributed by atoms with Crippen LogP contribution < -0.4 is 0 Å². The molecule has 23 heavy (non-hydrogen) atoms. The third kappa shape index (κ3) is 3.04. The van der Waals surface area contributed by atoms with E-state index in [-0.39, 0.29) is 5.92 Å². The van der Waals surface area contributed by atoms with Gasteiger partial charge in [-0.25, -0.2) is 4.89 Å². The normalized spacial score (nSPS) is 13.7. The molecule has 3 aromatic rings. The Kier molecular flexibility index (Phi) is 4.56. The third-order valence-corrected chi connectivity index (χ3v) is 4.35. The van der Waals surface area contributed by atoms with Crippen molar-refractivity contribution in [3.8, 4) is 0 Å². The molecule has 0 heterocycles. The van der Waals surface area contributed by atoms with E-state index in [4.69, 9.17) is 4.89 Å². The minimum Gasteiger partial charge on any atom is -0.251 e. The summed E-state index contributed by atoms with van der Waals surface area (Å²) in [5.74, 6) is -0.128. The molecule has 0 radical (unpaired) electrons. The Morgan fingerprint density at radius 2 is 1.09 bits per heavy atom. The first-order valence-electron chi connectivity index (χ1n) is 7.73. The fourth-order valence-corrected chi connectivity index (χ4v) is 3.16. The summed E-state index contributed by atoms with van der Waals surface area (Å²) in [5.41, 5.74) is 2.24. The van der Waals surface area contributed by atoms with Gasteiger partial charge in [-0.15, -0.1) is 0 Å². The third-order valence-electron chi connectivity index (χ3n) is 4.35. The average Bonchev–Trinajstić information content (AvgIpc) is 2.64. The summed E-state index contributed by atoms with van der Waals surface area (Å²) in [4.78, 5) is 5.09. The topological polar surface area (TPSA) is 29.5 Å². The molecule has 0 aliphatic rings. The van der Waals surface area contributed by atoms with Crippen LogP contribution in [0.4, 0.5) is 0 Å². The SMILES string of the molecule is CC(OO)(c1ccccc1)C(c1ccccc1)c1ccccc1. The number of hydrogen-bond acceptors (Lipinski definition) is 2. The van der Waals surface area contributed by atoms with Crippen molar-refractivity contribution in [3.05, 3.63) is 108 Å². The summed E-state index contributed by atoms with van der Waals surface area (Å²) in [5, 5.41) is 9.83. The van der Waals surface area contributed by atoms with Gasteiger partial charge in [0, 0.05) is 5.92 Å². The minimum atomic E-state index is -0.885. The molecule has 2 nitrogen and oxygen atoms in total. The molecule has 0 aliphatic carbocycles. The van der Waals surface area contributed by atoms with Crippen LogP contribution in [0.2, 0.25) is 0 Å². The van der Waals surface area contributed by atoms with Crippen molar-refractivity contribution in [2.75, 3.05) is 0 Å². The maximum Gasteiger partial charge on any atom is 0.136 e. The zero-order valence-electron chi connectivity index (χ0n) is 13.1. The van der Waals surface area contributed by atoms with Crippen LogP contribution in [0.3, 0.4) is 0 Å². The summed E-state index contributed by atoms with van der Waals surface area (Å²) in [7, 11) is 0. The molecule has 0 spiro atoms. The fraction of sp³-hybridized carbons (Fsp3) is 0.143. The van der Waals surface area contributed by atoms with Crippen molar-refractivity contribution in [2.45, 2.75) is 18.4 Å². The Morgan fingerprint density at radius 3 is 1.48 bits per heavy atom. The highest BCUT2D eigenvalue weighted by Crippen LogP contribution is 2.43. The van der Waals surface area contributed by atoms with Crippen LogP contribution in [0.5, 0.6) is 0 Å². The first kappa shape index (κ1) is 15.5. The largest absolute Gasteiger partial charge is 0.251 e. The van der Waals surface area contributed by atoms with Crippen molar-refractivity contribution in [1.29, 1.82) is 0 Å². The van der Waals surface area contributed by atoms with E-state index in [0.717, 1.165) is 16.7 Å². The Balaban J connectivity index is 2.18. The lowest BCUT2D eigenvalue weighted by molar-refractivity contribution is -0.328. The molecule has 0 aliphatic heterocycles. The highest BCUT2D eigenvalue weighted by atomic mass is 17.1. The maximum absolute atomic E-state index is 9.83. The van der Waals surface area contributed by atoms with E-state index in [2.05, 4.69) is 24.3 Å². The molecule has 0 saturated heterocycles. The van der Waals surface area contributed by atoms with E-state index >= 15 is 0 Å². The van der Waals surface area contributed by atoms with E-state index in [1.165, 1.54) is 0 Å². The Morgan fingerprint density at radius 1 is 0.696 bits per heavy atom. The van der Waals surface area contributed by atoms with Crippen LogP contribution in [-0.2, 0) is 10.5 Å². The van der Waals surface area contributed by atoms with E-state index < -0.39 is 5.60 Å². The summed E-state index contributed by atoms with van der Waals surface area (Å²) < 4.78 is 0. The number of rotatable bonds is 5. The predicted molar refractivity (Wildman–Crippen MR) is 92.2 cm³/mol. The van der Waals surface area contributed by atoms with E-state index in [1.54, 1.807) is 0 Å². The Hall–Kier alpha value is -2.42. The molecule has 0 aromatic heterocycles. The second-order valence-corrected chi connectivity index (χ2v) is 5.82. The van der Waals surface area contributed by atoms with Gasteiger partial charge < -0.3 is 0 Å². The molecule has 1 N–H and O–H groups in total. The standard InChI is InChI=1S/C21H20O2/c1-21(23-22,19-15-9-4-10-16-19)20(17-11-5-2-6-12-17)18-13-7-3-8-14-18/h2-16,20,22H,1H3. The fourth-order valence-electron chi connectivity index (χ4n) is 3.16. The van der Waals surface area contributed by atoms with Crippen molar-refractivity contribution < 1.29 is 10.1 Å². The lowest BCUT2D eigenvalue weighted by Crippen LogP contribution is -2.33. The van der Waals surface area contributed by atoms with Gasteiger partial charge in [0.2, 0.25) is 0 Å². The van der Waals surface area contributed by atoms with Crippen molar-refractivity contribution in [3.63, 3.8) is 0 Å². The van der Waals surface area contributed by atoms with Crippen molar-refractivity contribution >= 4 is 0 Å². The van der Waals surface area contributed by atoms with E-state index in [0.29, 0.717) is 0 Å². The number of hydrogen-bond donors (Lipinski definition) is 1. The lowest BCUT2D eigenvalue weighted by Gasteiger charge is -2.36. The van der Waals surface area contributed by atoms with Gasteiger partial charge in [0.05, 0.1) is 0 Å². The summed E-state index contributed by atoms with van der Waals surface area (Å²) in [6, 6.07) is 30.1. The zero-order chi connectivity index (χ0) is 16.1. The van der Waals surface area contributed by atoms with Gasteiger partial charge in [0.25, 0.3) is 0 Å². The average molecular weight is 304 g/mol. The zero-order valence-corrected chi connectivity index (χ0v) is 13.1. The van der Waals surface area contributed by atoms with Crippen LogP contribution in [-0.4, -0.2) is 5.26 Å². The molecule has 1 unspecified atom stereocenters. The molecular weight excluding hydrogens is 284 g/mol. The van der Waals surface area contributed by atoms with E-state index in [1.807, 2.05) is 73.7 Å². The Bertz CT molecular complexity index is 686. The highest BCUT2D eigenvalue weighted by molar-refractivity contribution is 5.39. The van der Waals surface area contributed by atoms with Crippen LogP contribution in [0, 0.1) is 0 Å². The minimum absolute atomic E-state index is 0.128. The molecule has 1 atom stereocenters. The highest BCUT2D eigenvalue weighted by Gasteiger charge is 2.39. The van der Waals surface area contributed by atoms with Crippen LogP contribution in [0.15, 0.2) is 91.0 Å². The van der Waals surface area contributed by atoms with Gasteiger partial charge in [-0.2, -0.15) is 0 Å². The van der Waals surface area contributed by atoms with Crippen molar-refractivity contribution in [1.82, 2.24) is 0 Å². The monoisotopic (exact) mass is 304 g/mol. The second kappa shape index (κ2) is 6.78. The molecular formula is C21H20O2. The van der Waals surface area contributed by atoms with Crippen LogP contribution in [0.25, 0.3) is 0 Å². The molecule has 3 aromatic carbocycles. The molecule has 2 heteroatoms. The van der Waals surface area contributed by atoms with Gasteiger partial charge >= 0.3 is 0 Å². The molecule has 116 valence electrons. The molecule has 0 fully saturated rings. The molecule has 0 saturated carbocycles. The summed E-state index contributed by atoms with van der Waals surface area (Å²) in [6.45, 7) is 1.92. The van der Waals surface area contributed by atoms with Gasteiger partial charge in [0.1, 0.15) is 5.60 Å². The second-order valence-electron chi connectivity index (χ2n) is 5.82. The first-order valence-corrected chi connectivity index (χ1v) is 7.73. The summed E-state index contributed by atoms with van der Waals surface area (Å²) >= 11 is 0. The number of benzene rings is 3. The molecule has 3 rings (SSSR count).